The highest BCUT2D eigenvalue weighted by Gasteiger charge is 2.23. The van der Waals surface area contributed by atoms with E-state index in [2.05, 4.69) is 4.98 Å². The fraction of sp³-hybridized carbons (Fsp3) is 0.0714. The molecule has 0 aliphatic carbocycles. The van der Waals surface area contributed by atoms with E-state index in [0.29, 0.717) is 5.56 Å². The fourth-order valence-corrected chi connectivity index (χ4v) is 1.95. The molecule has 19 heavy (non-hydrogen) atoms. The number of hydrogen-bond acceptors (Lipinski definition) is 3. The summed E-state index contributed by atoms with van der Waals surface area (Å²) in [6.45, 7) is 0. The van der Waals surface area contributed by atoms with Gasteiger partial charge in [0.2, 0.25) is 0 Å². The highest BCUT2D eigenvalue weighted by Crippen LogP contribution is 2.25. The SMILES string of the molecule is N#CC(C(=O)c1ccc(F)cc1Cl)c1ccncc1. The molecule has 94 valence electrons. The molecule has 0 radical (unpaired) electrons. The maximum Gasteiger partial charge on any atom is 0.185 e. The maximum atomic E-state index is 12.9. The summed E-state index contributed by atoms with van der Waals surface area (Å²) in [6, 6.07) is 8.58. The molecule has 1 aromatic heterocycles. The molecule has 2 aromatic rings. The van der Waals surface area contributed by atoms with E-state index in [1.54, 1.807) is 12.1 Å². The number of halogens is 2. The number of ketones is 1. The Bertz CT molecular complexity index is 652. The van der Waals surface area contributed by atoms with Gasteiger partial charge in [-0.15, -0.1) is 0 Å². The molecule has 0 amide bonds. The van der Waals surface area contributed by atoms with E-state index in [1.165, 1.54) is 18.5 Å². The van der Waals surface area contributed by atoms with Crippen molar-refractivity contribution in [1.29, 1.82) is 5.26 Å². The average Bonchev–Trinajstić information content (AvgIpc) is 2.40. The van der Waals surface area contributed by atoms with Gasteiger partial charge < -0.3 is 0 Å². The Morgan fingerprint density at radius 1 is 1.32 bits per heavy atom. The van der Waals surface area contributed by atoms with Gasteiger partial charge in [0.1, 0.15) is 11.7 Å². The summed E-state index contributed by atoms with van der Waals surface area (Å²) in [5.74, 6) is -1.97. The topological polar surface area (TPSA) is 53.8 Å². The van der Waals surface area contributed by atoms with Crippen LogP contribution in [0.5, 0.6) is 0 Å². The van der Waals surface area contributed by atoms with Crippen molar-refractivity contribution in [1.82, 2.24) is 4.98 Å². The number of aromatic nitrogens is 1. The Balaban J connectivity index is 2.40. The lowest BCUT2D eigenvalue weighted by Gasteiger charge is -2.09. The molecule has 0 saturated carbocycles. The second-order valence-electron chi connectivity index (χ2n) is 3.83. The normalized spacial score (nSPS) is 11.6. The van der Waals surface area contributed by atoms with Crippen molar-refractivity contribution in [3.63, 3.8) is 0 Å². The Hall–Kier alpha value is -2.25. The summed E-state index contributed by atoms with van der Waals surface area (Å²) in [5, 5.41) is 9.15. The first-order chi connectivity index (χ1) is 9.13. The predicted molar refractivity (Wildman–Crippen MR) is 68.3 cm³/mol. The molecule has 1 unspecified atom stereocenters. The monoisotopic (exact) mass is 274 g/mol. The number of nitriles is 1. The van der Waals surface area contributed by atoms with Crippen molar-refractivity contribution < 1.29 is 9.18 Å². The Labute approximate surface area is 114 Å². The van der Waals surface area contributed by atoms with E-state index >= 15 is 0 Å². The van der Waals surface area contributed by atoms with Crippen LogP contribution in [-0.2, 0) is 0 Å². The molecule has 0 spiro atoms. The van der Waals surface area contributed by atoms with Crippen LogP contribution < -0.4 is 0 Å². The average molecular weight is 275 g/mol. The highest BCUT2D eigenvalue weighted by atomic mass is 35.5. The van der Waals surface area contributed by atoms with E-state index in [9.17, 15) is 9.18 Å². The van der Waals surface area contributed by atoms with Crippen molar-refractivity contribution in [2.75, 3.05) is 0 Å². The van der Waals surface area contributed by atoms with Gasteiger partial charge in [-0.1, -0.05) is 11.6 Å². The van der Waals surface area contributed by atoms with Crippen LogP contribution in [0.2, 0.25) is 5.02 Å². The summed E-state index contributed by atoms with van der Waals surface area (Å²) in [6.07, 6.45) is 3.00. The predicted octanol–water partition coefficient (Wildman–Crippen LogP) is 3.36. The molecule has 1 atom stereocenters. The first-order valence-corrected chi connectivity index (χ1v) is 5.80. The van der Waals surface area contributed by atoms with Crippen LogP contribution in [-0.4, -0.2) is 10.8 Å². The van der Waals surface area contributed by atoms with Gasteiger partial charge in [-0.2, -0.15) is 5.26 Å². The first kappa shape index (κ1) is 13.2. The number of pyridine rings is 1. The molecule has 0 fully saturated rings. The highest BCUT2D eigenvalue weighted by molar-refractivity contribution is 6.34. The Morgan fingerprint density at radius 3 is 2.58 bits per heavy atom. The van der Waals surface area contributed by atoms with Crippen molar-refractivity contribution in [2.45, 2.75) is 5.92 Å². The van der Waals surface area contributed by atoms with Gasteiger partial charge >= 0.3 is 0 Å². The molecule has 2 rings (SSSR count). The van der Waals surface area contributed by atoms with E-state index in [0.717, 1.165) is 12.1 Å². The van der Waals surface area contributed by atoms with Gasteiger partial charge in [0.25, 0.3) is 0 Å². The zero-order valence-corrected chi connectivity index (χ0v) is 10.4. The van der Waals surface area contributed by atoms with Crippen LogP contribution >= 0.6 is 11.6 Å². The zero-order valence-electron chi connectivity index (χ0n) is 9.68. The minimum atomic E-state index is -0.981. The molecule has 3 nitrogen and oxygen atoms in total. The standard InChI is InChI=1S/C14H8ClFN2O/c15-13-7-10(16)1-2-11(13)14(19)12(8-17)9-3-5-18-6-4-9/h1-7,12H. The molecule has 0 bridgehead atoms. The lowest BCUT2D eigenvalue weighted by atomic mass is 9.92. The number of rotatable bonds is 3. The summed E-state index contributed by atoms with van der Waals surface area (Å²) in [7, 11) is 0. The van der Waals surface area contributed by atoms with Crippen molar-refractivity contribution >= 4 is 17.4 Å². The van der Waals surface area contributed by atoms with Gasteiger partial charge in [-0.05, 0) is 35.9 Å². The number of nitrogens with zero attached hydrogens (tertiary/aromatic N) is 2. The lowest BCUT2D eigenvalue weighted by Crippen LogP contribution is -2.12. The van der Waals surface area contributed by atoms with Gasteiger partial charge in [0.05, 0.1) is 11.1 Å². The summed E-state index contributed by atoms with van der Waals surface area (Å²) >= 11 is 5.83. The largest absolute Gasteiger partial charge is 0.292 e. The Morgan fingerprint density at radius 2 is 2.00 bits per heavy atom. The summed E-state index contributed by atoms with van der Waals surface area (Å²) in [4.78, 5) is 16.1. The number of Topliss-reactive ketones (excluding diaryl/α,β-unsaturated/α-hetero) is 1. The van der Waals surface area contributed by atoms with Crippen LogP contribution in [0, 0.1) is 17.1 Å². The van der Waals surface area contributed by atoms with Gasteiger partial charge in [-0.25, -0.2) is 4.39 Å². The van der Waals surface area contributed by atoms with Crippen LogP contribution in [0.1, 0.15) is 21.8 Å². The van der Waals surface area contributed by atoms with Gasteiger partial charge in [0, 0.05) is 18.0 Å². The molecular weight excluding hydrogens is 267 g/mol. The first-order valence-electron chi connectivity index (χ1n) is 5.42. The molecule has 0 saturated heterocycles. The van der Waals surface area contributed by atoms with E-state index < -0.39 is 17.5 Å². The van der Waals surface area contributed by atoms with Crippen LogP contribution in [0.25, 0.3) is 0 Å². The Kier molecular flexibility index (Phi) is 3.88. The number of carbonyl (C=O) groups is 1. The lowest BCUT2D eigenvalue weighted by molar-refractivity contribution is 0.0979. The molecular formula is C14H8ClFN2O. The molecule has 1 heterocycles. The van der Waals surface area contributed by atoms with Crippen molar-refractivity contribution in [2.24, 2.45) is 0 Å². The zero-order chi connectivity index (χ0) is 13.8. The minimum absolute atomic E-state index is 0.000642. The summed E-state index contributed by atoms with van der Waals surface area (Å²) in [5.41, 5.74) is 0.661. The molecule has 0 aliphatic heterocycles. The molecule has 1 aromatic carbocycles. The maximum absolute atomic E-state index is 12.9. The van der Waals surface area contributed by atoms with E-state index in [4.69, 9.17) is 16.9 Å². The minimum Gasteiger partial charge on any atom is -0.292 e. The fourth-order valence-electron chi connectivity index (χ4n) is 1.69. The van der Waals surface area contributed by atoms with Crippen LogP contribution in [0.4, 0.5) is 4.39 Å². The second-order valence-corrected chi connectivity index (χ2v) is 4.24. The van der Waals surface area contributed by atoms with Crippen molar-refractivity contribution in [3.8, 4) is 6.07 Å². The summed E-state index contributed by atoms with van der Waals surface area (Å²) < 4.78 is 12.9. The van der Waals surface area contributed by atoms with Gasteiger partial charge in [0.15, 0.2) is 5.78 Å². The third-order valence-corrected chi connectivity index (χ3v) is 2.94. The number of carbonyl (C=O) groups excluding carboxylic acids is 1. The second kappa shape index (κ2) is 5.59. The third-order valence-electron chi connectivity index (χ3n) is 2.63. The number of hydrogen-bond donors (Lipinski definition) is 0. The molecule has 5 heteroatoms. The van der Waals surface area contributed by atoms with Crippen LogP contribution in [0.15, 0.2) is 42.7 Å². The van der Waals surface area contributed by atoms with E-state index in [-0.39, 0.29) is 10.6 Å². The van der Waals surface area contributed by atoms with Crippen molar-refractivity contribution in [3.05, 3.63) is 64.7 Å². The quantitative estimate of drug-likeness (QED) is 0.807. The number of benzene rings is 1. The van der Waals surface area contributed by atoms with Gasteiger partial charge in [-0.3, -0.25) is 9.78 Å². The smallest absolute Gasteiger partial charge is 0.185 e. The van der Waals surface area contributed by atoms with Crippen LogP contribution in [0.3, 0.4) is 0 Å². The third kappa shape index (κ3) is 2.78. The van der Waals surface area contributed by atoms with E-state index in [1.807, 2.05) is 6.07 Å². The molecule has 0 N–H and O–H groups in total. The molecule has 0 aliphatic rings.